The van der Waals surface area contributed by atoms with Crippen molar-refractivity contribution in [1.82, 2.24) is 0 Å². The second-order valence-corrected chi connectivity index (χ2v) is 6.55. The summed E-state index contributed by atoms with van der Waals surface area (Å²) in [4.78, 5) is 0.670. The van der Waals surface area contributed by atoms with E-state index in [9.17, 15) is 9.32 Å². The van der Waals surface area contributed by atoms with E-state index in [0.29, 0.717) is 11.3 Å². The number of benzene rings is 1. The van der Waals surface area contributed by atoms with E-state index in [1.807, 2.05) is 38.1 Å². The summed E-state index contributed by atoms with van der Waals surface area (Å²) in [7, 11) is -1.08. The number of rotatable bonds is 5. The Hall–Kier alpha value is -1.13. The molecule has 0 saturated carbocycles. The average molecular weight is 267 g/mol. The van der Waals surface area contributed by atoms with Gasteiger partial charge >= 0.3 is 0 Å². The Morgan fingerprint density at radius 2 is 2.00 bits per heavy atom. The van der Waals surface area contributed by atoms with Gasteiger partial charge in [0.15, 0.2) is 0 Å². The van der Waals surface area contributed by atoms with Crippen LogP contribution >= 0.6 is 0 Å². The second kappa shape index (κ2) is 6.71. The molecule has 0 aliphatic heterocycles. The van der Waals surface area contributed by atoms with Gasteiger partial charge in [-0.3, -0.25) is 0 Å². The predicted molar refractivity (Wildman–Crippen MR) is 76.1 cm³/mol. The van der Waals surface area contributed by atoms with Crippen LogP contribution in [0.5, 0.6) is 0 Å². The molecule has 1 N–H and O–H groups in total. The van der Waals surface area contributed by atoms with E-state index < -0.39 is 21.1 Å². The van der Waals surface area contributed by atoms with Crippen LogP contribution in [0.1, 0.15) is 20.3 Å². The van der Waals surface area contributed by atoms with Crippen molar-refractivity contribution in [2.24, 2.45) is 4.36 Å². The zero-order valence-corrected chi connectivity index (χ0v) is 11.9. The van der Waals surface area contributed by atoms with Crippen molar-refractivity contribution < 1.29 is 9.32 Å². The van der Waals surface area contributed by atoms with Gasteiger partial charge in [0.25, 0.3) is 0 Å². The van der Waals surface area contributed by atoms with Crippen LogP contribution in [-0.4, -0.2) is 27.7 Å². The first-order valence-corrected chi connectivity index (χ1v) is 7.68. The summed E-state index contributed by atoms with van der Waals surface area (Å²) < 4.78 is 17.2. The molecular weight excluding hydrogens is 246 g/mol. The van der Waals surface area contributed by atoms with Crippen LogP contribution in [0.4, 0.5) is 0 Å². The van der Waals surface area contributed by atoms with E-state index in [-0.39, 0.29) is 0 Å². The highest BCUT2D eigenvalue weighted by molar-refractivity contribution is 7.94. The lowest BCUT2D eigenvalue weighted by Crippen LogP contribution is -2.32. The molecule has 1 rings (SSSR count). The first-order chi connectivity index (χ1) is 8.60. The van der Waals surface area contributed by atoms with E-state index >= 15 is 0 Å². The van der Waals surface area contributed by atoms with Crippen LogP contribution in [0.25, 0.3) is 0 Å². The Kier molecular flexibility index (Phi) is 5.56. The molecule has 100 valence electrons. The van der Waals surface area contributed by atoms with Crippen molar-refractivity contribution in [1.29, 1.82) is 0 Å². The van der Waals surface area contributed by atoms with E-state index in [2.05, 4.69) is 4.36 Å². The average Bonchev–Trinajstić information content (AvgIpc) is 2.44. The van der Waals surface area contributed by atoms with Crippen LogP contribution in [-0.2, 0) is 9.73 Å². The minimum absolute atomic E-state index is 0.472. The monoisotopic (exact) mass is 267 g/mol. The molecule has 0 aliphatic rings. The molecular formula is C14H21NO2S. The fraction of sp³-hybridized carbons (Fsp3) is 0.429. The number of aliphatic hydroxyl groups excluding tert-OH is 1. The smallest absolute Gasteiger partial charge is 0.0913 e. The maximum Gasteiger partial charge on any atom is 0.0913 e. The van der Waals surface area contributed by atoms with E-state index in [4.69, 9.17) is 0 Å². The maximum atomic E-state index is 13.1. The van der Waals surface area contributed by atoms with Crippen molar-refractivity contribution in [3.05, 3.63) is 42.5 Å². The van der Waals surface area contributed by atoms with Gasteiger partial charge in [0.05, 0.1) is 21.1 Å². The largest absolute Gasteiger partial charge is 0.392 e. The molecule has 0 bridgehead atoms. The Labute approximate surface area is 110 Å². The highest BCUT2D eigenvalue weighted by Gasteiger charge is 2.28. The summed E-state index contributed by atoms with van der Waals surface area (Å²) in [5.41, 5.74) is 0. The Morgan fingerprint density at radius 1 is 1.39 bits per heavy atom. The number of allylic oxidation sites excluding steroid dienone is 1. The van der Waals surface area contributed by atoms with Crippen LogP contribution < -0.4 is 0 Å². The third-order valence-electron chi connectivity index (χ3n) is 2.90. The molecule has 0 fully saturated rings. The normalized spacial score (nSPS) is 18.2. The van der Waals surface area contributed by atoms with Gasteiger partial charge in [-0.2, -0.15) is 0 Å². The first-order valence-electron chi connectivity index (χ1n) is 6.10. The van der Waals surface area contributed by atoms with E-state index in [1.54, 1.807) is 25.3 Å². The van der Waals surface area contributed by atoms with Crippen LogP contribution in [0.2, 0.25) is 0 Å². The number of aliphatic hydroxyl groups is 1. The van der Waals surface area contributed by atoms with Gasteiger partial charge in [-0.05, 0) is 25.5 Å². The van der Waals surface area contributed by atoms with Crippen molar-refractivity contribution >= 4 is 9.73 Å². The minimum atomic E-state index is -2.63. The number of hydrogen-bond donors (Lipinski definition) is 1. The van der Waals surface area contributed by atoms with Gasteiger partial charge in [-0.25, -0.2) is 8.57 Å². The molecule has 3 atom stereocenters. The molecule has 1 aromatic rings. The number of hydrogen-bond acceptors (Lipinski definition) is 3. The van der Waals surface area contributed by atoms with Crippen molar-refractivity contribution in [3.8, 4) is 0 Å². The fourth-order valence-corrected chi connectivity index (χ4v) is 4.17. The summed E-state index contributed by atoms with van der Waals surface area (Å²) in [5.74, 6) is 0. The minimum Gasteiger partial charge on any atom is -0.392 e. The fourth-order valence-electron chi connectivity index (χ4n) is 1.87. The molecule has 0 amide bonds. The van der Waals surface area contributed by atoms with Crippen LogP contribution in [0, 0.1) is 0 Å². The highest BCUT2D eigenvalue weighted by Crippen LogP contribution is 2.23. The van der Waals surface area contributed by atoms with Crippen LogP contribution in [0.15, 0.2) is 51.7 Å². The Balaban J connectivity index is 3.34. The van der Waals surface area contributed by atoms with Crippen LogP contribution in [0.3, 0.4) is 0 Å². The van der Waals surface area contributed by atoms with Gasteiger partial charge in [-0.1, -0.05) is 37.3 Å². The SMILES string of the molecule is C/C=C\[C@H]([C@H](O)CC)[S@](=O)(=NC)c1ccccc1. The molecule has 18 heavy (non-hydrogen) atoms. The van der Waals surface area contributed by atoms with Gasteiger partial charge in [0.2, 0.25) is 0 Å². The van der Waals surface area contributed by atoms with Gasteiger partial charge < -0.3 is 5.11 Å². The summed E-state index contributed by atoms with van der Waals surface area (Å²) in [6.45, 7) is 3.73. The molecule has 0 aromatic heterocycles. The summed E-state index contributed by atoms with van der Waals surface area (Å²) >= 11 is 0. The zero-order valence-electron chi connectivity index (χ0n) is 11.1. The van der Waals surface area contributed by atoms with Gasteiger partial charge in [-0.15, -0.1) is 0 Å². The number of nitrogens with zero attached hydrogens (tertiary/aromatic N) is 1. The summed E-state index contributed by atoms with van der Waals surface area (Å²) in [6, 6.07) is 9.15. The standard InChI is InChI=1S/C14H21NO2S/c1-4-9-14(13(16)5-2)18(17,15-3)12-10-7-6-8-11-12/h4,6-11,13-14,16H,5H2,1-3H3/b9-4-/t13-,14-,18+/m1/s1. The summed E-state index contributed by atoms with van der Waals surface area (Å²) in [6.07, 6.45) is 3.50. The van der Waals surface area contributed by atoms with Gasteiger partial charge in [0, 0.05) is 11.9 Å². The molecule has 0 unspecified atom stereocenters. The molecule has 0 radical (unpaired) electrons. The van der Waals surface area contributed by atoms with E-state index in [1.165, 1.54) is 0 Å². The maximum absolute atomic E-state index is 13.1. The van der Waals surface area contributed by atoms with Gasteiger partial charge in [0.1, 0.15) is 0 Å². The Morgan fingerprint density at radius 3 is 2.44 bits per heavy atom. The third-order valence-corrected chi connectivity index (χ3v) is 5.60. The predicted octanol–water partition coefficient (Wildman–Crippen LogP) is 2.86. The lowest BCUT2D eigenvalue weighted by molar-refractivity contribution is 0.177. The molecule has 0 spiro atoms. The second-order valence-electron chi connectivity index (χ2n) is 4.03. The topological polar surface area (TPSA) is 49.7 Å². The molecule has 3 nitrogen and oxygen atoms in total. The third kappa shape index (κ3) is 3.00. The molecule has 0 aliphatic carbocycles. The Bertz CT molecular complexity index is 502. The summed E-state index contributed by atoms with van der Waals surface area (Å²) in [5, 5.41) is 9.61. The van der Waals surface area contributed by atoms with Crippen molar-refractivity contribution in [2.45, 2.75) is 36.5 Å². The molecule has 4 heteroatoms. The highest BCUT2D eigenvalue weighted by atomic mass is 32.2. The van der Waals surface area contributed by atoms with E-state index in [0.717, 1.165) is 0 Å². The lowest BCUT2D eigenvalue weighted by atomic mass is 10.2. The zero-order chi connectivity index (χ0) is 13.6. The van der Waals surface area contributed by atoms with Crippen molar-refractivity contribution in [3.63, 3.8) is 0 Å². The van der Waals surface area contributed by atoms with Crippen molar-refractivity contribution in [2.75, 3.05) is 7.05 Å². The molecule has 0 heterocycles. The first kappa shape index (κ1) is 14.9. The lowest BCUT2D eigenvalue weighted by Gasteiger charge is -2.22. The quantitative estimate of drug-likeness (QED) is 0.834. The molecule has 1 aromatic carbocycles. The molecule has 0 saturated heterocycles.